The Bertz CT molecular complexity index is 741. The number of carboxylic acids is 1. The van der Waals surface area contributed by atoms with E-state index in [4.69, 9.17) is 16.7 Å². The summed E-state index contributed by atoms with van der Waals surface area (Å²) < 4.78 is 0.422. The summed E-state index contributed by atoms with van der Waals surface area (Å²) in [5, 5.41) is 21.6. The Labute approximate surface area is 141 Å². The minimum Gasteiger partial charge on any atom is -0.871 e. The van der Waals surface area contributed by atoms with Crippen molar-refractivity contribution in [2.45, 2.75) is 13.8 Å². The fraction of sp³-hybridized carbons (Fsp3) is 0.125. The number of aliphatic imine (C=N–C) groups is 1. The summed E-state index contributed by atoms with van der Waals surface area (Å²) in [6.45, 7) is 3.53. The van der Waals surface area contributed by atoms with Gasteiger partial charge in [-0.3, -0.25) is 4.99 Å². The molecular weight excluding hydrogens is 370 g/mol. The molecule has 0 saturated carbocycles. The first kappa shape index (κ1) is 16.5. The van der Waals surface area contributed by atoms with Gasteiger partial charge in [0.15, 0.2) is 0 Å². The van der Waals surface area contributed by atoms with Gasteiger partial charge in [0.2, 0.25) is 0 Å². The normalized spacial score (nSPS) is 11.1. The van der Waals surface area contributed by atoms with E-state index in [0.717, 1.165) is 0 Å². The van der Waals surface area contributed by atoms with Crippen LogP contribution in [0.2, 0.25) is 5.02 Å². The molecule has 0 radical (unpaired) electrons. The summed E-state index contributed by atoms with van der Waals surface area (Å²) in [7, 11) is 0. The van der Waals surface area contributed by atoms with E-state index in [2.05, 4.69) is 20.9 Å². The molecule has 0 heterocycles. The molecule has 6 heteroatoms. The van der Waals surface area contributed by atoms with Gasteiger partial charge in [0.05, 0.1) is 11.3 Å². The third-order valence-corrected chi connectivity index (χ3v) is 4.81. The van der Waals surface area contributed by atoms with Crippen LogP contribution in [0, 0.1) is 13.8 Å². The van der Waals surface area contributed by atoms with Gasteiger partial charge in [-0.2, -0.15) is 0 Å². The second-order valence-electron chi connectivity index (χ2n) is 4.73. The molecule has 0 aliphatic carbocycles. The lowest BCUT2D eigenvalue weighted by Gasteiger charge is -2.19. The molecule has 0 spiro atoms. The SMILES string of the molecule is Cc1c(Cl)c(C)c(C=Nc2ccc(C(=O)O)cc2)c([O-])c1Br. The van der Waals surface area contributed by atoms with Crippen LogP contribution < -0.4 is 5.11 Å². The number of nitrogens with zero attached hydrogens (tertiary/aromatic N) is 1. The molecular formula is C16H12BrClNO3-. The summed E-state index contributed by atoms with van der Waals surface area (Å²) in [5.74, 6) is -1.17. The molecule has 114 valence electrons. The van der Waals surface area contributed by atoms with Gasteiger partial charge in [-0.15, -0.1) is 0 Å². The lowest BCUT2D eigenvalue weighted by Crippen LogP contribution is -2.03. The fourth-order valence-corrected chi connectivity index (χ4v) is 2.66. The third kappa shape index (κ3) is 3.15. The summed E-state index contributed by atoms with van der Waals surface area (Å²) in [5.41, 5.74) is 2.51. The highest BCUT2D eigenvalue weighted by Crippen LogP contribution is 2.36. The molecule has 0 aliphatic rings. The van der Waals surface area contributed by atoms with Crippen LogP contribution in [0.4, 0.5) is 5.69 Å². The summed E-state index contributed by atoms with van der Waals surface area (Å²) in [6, 6.07) is 6.06. The molecule has 0 aliphatic heterocycles. The number of aromatic carboxylic acids is 1. The summed E-state index contributed by atoms with van der Waals surface area (Å²) >= 11 is 9.44. The van der Waals surface area contributed by atoms with Crippen molar-refractivity contribution in [1.29, 1.82) is 0 Å². The van der Waals surface area contributed by atoms with Crippen molar-refractivity contribution in [2.24, 2.45) is 4.99 Å². The van der Waals surface area contributed by atoms with Crippen LogP contribution in [-0.4, -0.2) is 17.3 Å². The maximum absolute atomic E-state index is 12.3. The van der Waals surface area contributed by atoms with Crippen LogP contribution in [0.3, 0.4) is 0 Å². The van der Waals surface area contributed by atoms with Crippen molar-refractivity contribution in [3.63, 3.8) is 0 Å². The molecule has 0 aromatic heterocycles. The van der Waals surface area contributed by atoms with E-state index >= 15 is 0 Å². The largest absolute Gasteiger partial charge is 0.871 e. The molecule has 1 N–H and O–H groups in total. The zero-order chi connectivity index (χ0) is 16.4. The average Bonchev–Trinajstić information content (AvgIpc) is 2.51. The van der Waals surface area contributed by atoms with Gasteiger partial charge in [0, 0.05) is 15.7 Å². The maximum Gasteiger partial charge on any atom is 0.335 e. The highest BCUT2D eigenvalue weighted by molar-refractivity contribution is 9.10. The van der Waals surface area contributed by atoms with Crippen molar-refractivity contribution in [3.05, 3.63) is 56.0 Å². The van der Waals surface area contributed by atoms with Gasteiger partial charge in [0.1, 0.15) is 0 Å². The van der Waals surface area contributed by atoms with Crippen LogP contribution in [0.15, 0.2) is 33.7 Å². The van der Waals surface area contributed by atoms with Crippen LogP contribution in [0.1, 0.15) is 27.0 Å². The van der Waals surface area contributed by atoms with E-state index in [9.17, 15) is 9.90 Å². The fourth-order valence-electron chi connectivity index (χ4n) is 1.94. The first-order chi connectivity index (χ1) is 10.3. The Kier molecular flexibility index (Phi) is 4.88. The molecule has 0 saturated heterocycles. The number of halogens is 2. The Morgan fingerprint density at radius 1 is 1.27 bits per heavy atom. The minimum atomic E-state index is -0.998. The number of carboxylic acid groups (broad SMARTS) is 1. The van der Waals surface area contributed by atoms with E-state index in [1.165, 1.54) is 18.3 Å². The Morgan fingerprint density at radius 3 is 2.41 bits per heavy atom. The van der Waals surface area contributed by atoms with Gasteiger partial charge >= 0.3 is 5.97 Å². The maximum atomic E-state index is 12.3. The van der Waals surface area contributed by atoms with Crippen LogP contribution >= 0.6 is 27.5 Å². The smallest absolute Gasteiger partial charge is 0.335 e. The summed E-state index contributed by atoms with van der Waals surface area (Å²) in [4.78, 5) is 15.0. The quantitative estimate of drug-likeness (QED) is 0.808. The van der Waals surface area contributed by atoms with E-state index in [-0.39, 0.29) is 11.3 Å². The van der Waals surface area contributed by atoms with E-state index < -0.39 is 5.97 Å². The number of hydrogen-bond donors (Lipinski definition) is 1. The van der Waals surface area contributed by atoms with Crippen molar-refractivity contribution < 1.29 is 15.0 Å². The number of benzene rings is 2. The van der Waals surface area contributed by atoms with Crippen LogP contribution in [0.25, 0.3) is 0 Å². The average molecular weight is 382 g/mol. The molecule has 0 atom stereocenters. The van der Waals surface area contributed by atoms with Crippen molar-refractivity contribution in [1.82, 2.24) is 0 Å². The number of carbonyl (C=O) groups is 1. The summed E-state index contributed by atoms with van der Waals surface area (Å²) in [6.07, 6.45) is 1.45. The Balaban J connectivity index is 2.40. The minimum absolute atomic E-state index is 0.176. The van der Waals surface area contributed by atoms with Crippen LogP contribution in [-0.2, 0) is 0 Å². The standard InChI is InChI=1S/C16H13BrClNO3/c1-8-12(15(20)13(17)9(2)14(8)18)7-19-11-5-3-10(4-6-11)16(21)22/h3-7,20H,1-2H3,(H,21,22)/p-1. The highest BCUT2D eigenvalue weighted by atomic mass is 79.9. The molecule has 0 amide bonds. The highest BCUT2D eigenvalue weighted by Gasteiger charge is 2.10. The molecule has 0 fully saturated rings. The first-order valence-corrected chi connectivity index (χ1v) is 7.52. The van der Waals surface area contributed by atoms with E-state index in [1.807, 2.05) is 0 Å². The number of hydrogen-bond acceptors (Lipinski definition) is 3. The van der Waals surface area contributed by atoms with Crippen molar-refractivity contribution >= 4 is 45.4 Å². The van der Waals surface area contributed by atoms with Gasteiger partial charge in [-0.05, 0) is 54.8 Å². The molecule has 0 bridgehead atoms. The zero-order valence-electron chi connectivity index (χ0n) is 11.9. The molecule has 2 rings (SSSR count). The Morgan fingerprint density at radius 2 is 1.86 bits per heavy atom. The predicted octanol–water partition coefficient (Wildman–Crippen LogP) is 4.24. The van der Waals surface area contributed by atoms with Crippen molar-refractivity contribution in [3.8, 4) is 5.75 Å². The van der Waals surface area contributed by atoms with Gasteiger partial charge in [-0.25, -0.2) is 4.79 Å². The monoisotopic (exact) mass is 380 g/mol. The van der Waals surface area contributed by atoms with Crippen LogP contribution in [0.5, 0.6) is 5.75 Å². The zero-order valence-corrected chi connectivity index (χ0v) is 14.2. The molecule has 2 aromatic carbocycles. The van der Waals surface area contributed by atoms with E-state index in [1.54, 1.807) is 26.0 Å². The number of rotatable bonds is 3. The molecule has 2 aromatic rings. The van der Waals surface area contributed by atoms with Gasteiger partial charge in [0.25, 0.3) is 0 Å². The van der Waals surface area contributed by atoms with Crippen molar-refractivity contribution in [2.75, 3.05) is 0 Å². The van der Waals surface area contributed by atoms with Gasteiger partial charge in [-0.1, -0.05) is 33.3 Å². The van der Waals surface area contributed by atoms with Gasteiger partial charge < -0.3 is 10.2 Å². The first-order valence-electron chi connectivity index (χ1n) is 6.35. The van der Waals surface area contributed by atoms with E-state index in [0.29, 0.717) is 31.9 Å². The second kappa shape index (κ2) is 6.50. The topological polar surface area (TPSA) is 72.7 Å². The molecule has 4 nitrogen and oxygen atoms in total. The lowest BCUT2D eigenvalue weighted by molar-refractivity contribution is -0.269. The second-order valence-corrected chi connectivity index (χ2v) is 5.90. The Hall–Kier alpha value is -1.85. The molecule has 22 heavy (non-hydrogen) atoms. The lowest BCUT2D eigenvalue weighted by atomic mass is 10.0. The predicted molar refractivity (Wildman–Crippen MR) is 88.7 cm³/mol. The third-order valence-electron chi connectivity index (χ3n) is 3.29. The molecule has 0 unspecified atom stereocenters.